The molecule has 0 saturated carbocycles. The van der Waals surface area contributed by atoms with E-state index >= 15 is 0 Å². The number of nitrogens with zero attached hydrogens (tertiary/aromatic N) is 3. The molecule has 3 rings (SSSR count). The first kappa shape index (κ1) is 17.4. The molecule has 1 aromatic heterocycles. The van der Waals surface area contributed by atoms with Gasteiger partial charge in [0.25, 0.3) is 5.89 Å². The van der Waals surface area contributed by atoms with Gasteiger partial charge in [0, 0.05) is 11.6 Å². The van der Waals surface area contributed by atoms with E-state index in [1.165, 1.54) is 24.3 Å². The molecule has 0 radical (unpaired) electrons. The van der Waals surface area contributed by atoms with Gasteiger partial charge in [0.2, 0.25) is 5.82 Å². The standard InChI is InChI=1S/C17H12ClN3O5/c1-25-12-5-3-11(4-6-12)16-19-17(26-20-16)13(18)8-10-2-7-15(22)14(9-10)21(23)24/h2-9,22H,1H3/b13-8-. The van der Waals surface area contributed by atoms with Crippen molar-refractivity contribution in [1.29, 1.82) is 0 Å². The van der Waals surface area contributed by atoms with Gasteiger partial charge in [0.15, 0.2) is 5.75 Å². The lowest BCUT2D eigenvalue weighted by atomic mass is 10.1. The van der Waals surface area contributed by atoms with Crippen molar-refractivity contribution in [1.82, 2.24) is 10.1 Å². The normalized spacial score (nSPS) is 11.4. The molecule has 9 heteroatoms. The van der Waals surface area contributed by atoms with Gasteiger partial charge in [-0.25, -0.2) is 0 Å². The van der Waals surface area contributed by atoms with Gasteiger partial charge in [-0.15, -0.1) is 0 Å². The number of phenols is 1. The Balaban J connectivity index is 1.87. The average molecular weight is 374 g/mol. The van der Waals surface area contributed by atoms with Crippen molar-refractivity contribution in [2.75, 3.05) is 7.11 Å². The summed E-state index contributed by atoms with van der Waals surface area (Å²) < 4.78 is 10.2. The molecule has 26 heavy (non-hydrogen) atoms. The number of nitro benzene ring substituents is 1. The molecule has 8 nitrogen and oxygen atoms in total. The van der Waals surface area contributed by atoms with Crippen LogP contribution >= 0.6 is 11.6 Å². The summed E-state index contributed by atoms with van der Waals surface area (Å²) in [7, 11) is 1.57. The molecule has 0 atom stereocenters. The Morgan fingerprint density at radius 2 is 2.04 bits per heavy atom. The molecular weight excluding hydrogens is 362 g/mol. The predicted molar refractivity (Wildman–Crippen MR) is 94.8 cm³/mol. The van der Waals surface area contributed by atoms with Crippen LogP contribution in [0.4, 0.5) is 5.69 Å². The summed E-state index contributed by atoms with van der Waals surface area (Å²) in [5, 5.41) is 24.3. The van der Waals surface area contributed by atoms with Crippen molar-refractivity contribution in [3.63, 3.8) is 0 Å². The highest BCUT2D eigenvalue weighted by molar-refractivity contribution is 6.50. The first-order chi connectivity index (χ1) is 12.5. The first-order valence-corrected chi connectivity index (χ1v) is 7.69. The number of hydrogen-bond donors (Lipinski definition) is 1. The number of aromatic nitrogens is 2. The molecule has 0 aliphatic rings. The van der Waals surface area contributed by atoms with Gasteiger partial charge in [-0.1, -0.05) is 22.8 Å². The maximum Gasteiger partial charge on any atom is 0.311 e. The Bertz CT molecular complexity index is 982. The van der Waals surface area contributed by atoms with E-state index in [9.17, 15) is 15.2 Å². The van der Waals surface area contributed by atoms with Crippen molar-refractivity contribution >= 4 is 28.4 Å². The zero-order valence-corrected chi connectivity index (χ0v) is 14.2. The van der Waals surface area contributed by atoms with Crippen molar-refractivity contribution in [2.45, 2.75) is 0 Å². The van der Waals surface area contributed by atoms with Crippen LogP contribution in [-0.2, 0) is 0 Å². The highest BCUT2D eigenvalue weighted by Gasteiger charge is 2.15. The van der Waals surface area contributed by atoms with Crippen molar-refractivity contribution < 1.29 is 19.3 Å². The van der Waals surface area contributed by atoms with Crippen LogP contribution in [0.2, 0.25) is 0 Å². The van der Waals surface area contributed by atoms with E-state index in [4.69, 9.17) is 20.9 Å². The summed E-state index contributed by atoms with van der Waals surface area (Å²) in [6.45, 7) is 0. The number of methoxy groups -OCH3 is 1. The van der Waals surface area contributed by atoms with Gasteiger partial charge in [0.1, 0.15) is 10.8 Å². The molecule has 1 N–H and O–H groups in total. The minimum atomic E-state index is -0.685. The number of phenolic OH excluding ortho intramolecular Hbond substituents is 1. The zero-order chi connectivity index (χ0) is 18.7. The Labute approximate surface area is 152 Å². The van der Waals surface area contributed by atoms with Crippen LogP contribution in [-0.4, -0.2) is 27.3 Å². The van der Waals surface area contributed by atoms with Crippen molar-refractivity contribution in [2.24, 2.45) is 0 Å². The maximum absolute atomic E-state index is 10.9. The second-order valence-electron chi connectivity index (χ2n) is 5.15. The fraction of sp³-hybridized carbons (Fsp3) is 0.0588. The summed E-state index contributed by atoms with van der Waals surface area (Å²) in [6.07, 6.45) is 1.43. The second-order valence-corrected chi connectivity index (χ2v) is 5.56. The topological polar surface area (TPSA) is 112 Å². The molecule has 0 spiro atoms. The van der Waals surface area contributed by atoms with Crippen LogP contribution in [0.3, 0.4) is 0 Å². The van der Waals surface area contributed by atoms with E-state index in [1.807, 2.05) is 0 Å². The van der Waals surface area contributed by atoms with Crippen LogP contribution in [0.25, 0.3) is 22.5 Å². The van der Waals surface area contributed by atoms with Gasteiger partial charge in [0.05, 0.1) is 12.0 Å². The molecular formula is C17H12ClN3O5. The van der Waals surface area contributed by atoms with Crippen LogP contribution < -0.4 is 4.74 Å². The highest BCUT2D eigenvalue weighted by Crippen LogP contribution is 2.29. The number of rotatable bonds is 5. The number of halogens is 1. The number of aromatic hydroxyl groups is 1. The lowest BCUT2D eigenvalue weighted by Crippen LogP contribution is -1.89. The van der Waals surface area contributed by atoms with Gasteiger partial charge >= 0.3 is 5.69 Å². The molecule has 1 heterocycles. The number of hydrogen-bond acceptors (Lipinski definition) is 7. The third-order valence-corrected chi connectivity index (χ3v) is 3.74. The average Bonchev–Trinajstić information content (AvgIpc) is 3.13. The van der Waals surface area contributed by atoms with Crippen molar-refractivity contribution in [3.05, 3.63) is 64.0 Å². The summed E-state index contributed by atoms with van der Waals surface area (Å²) in [4.78, 5) is 14.4. The quantitative estimate of drug-likeness (QED) is 0.529. The van der Waals surface area contributed by atoms with E-state index in [-0.39, 0.29) is 10.9 Å². The minimum absolute atomic E-state index is 0.0632. The molecule has 3 aromatic rings. The molecule has 0 aliphatic heterocycles. The van der Waals surface area contributed by atoms with E-state index in [0.717, 1.165) is 0 Å². The Morgan fingerprint density at radius 3 is 2.69 bits per heavy atom. The molecule has 132 valence electrons. The number of ether oxygens (including phenoxy) is 1. The van der Waals surface area contributed by atoms with Gasteiger partial charge in [-0.3, -0.25) is 10.1 Å². The first-order valence-electron chi connectivity index (χ1n) is 7.31. The summed E-state index contributed by atoms with van der Waals surface area (Å²) in [5.74, 6) is 0.672. The molecule has 0 bridgehead atoms. The molecule has 0 fully saturated rings. The summed E-state index contributed by atoms with van der Waals surface area (Å²) in [5.41, 5.74) is 0.696. The Kier molecular flexibility index (Phi) is 4.85. The largest absolute Gasteiger partial charge is 0.502 e. The predicted octanol–water partition coefficient (Wildman–Crippen LogP) is 4.10. The van der Waals surface area contributed by atoms with E-state index < -0.39 is 16.4 Å². The zero-order valence-electron chi connectivity index (χ0n) is 13.4. The molecule has 0 amide bonds. The molecule has 2 aromatic carbocycles. The maximum atomic E-state index is 10.9. The summed E-state index contributed by atoms with van der Waals surface area (Å²) in [6, 6.07) is 11.0. The second kappa shape index (κ2) is 7.24. The van der Waals surface area contributed by atoms with Crippen LogP contribution in [0, 0.1) is 10.1 Å². The minimum Gasteiger partial charge on any atom is -0.502 e. The molecule has 0 aliphatic carbocycles. The van der Waals surface area contributed by atoms with Gasteiger partial charge < -0.3 is 14.4 Å². The third kappa shape index (κ3) is 3.65. The Morgan fingerprint density at radius 1 is 1.31 bits per heavy atom. The Hall–Kier alpha value is -3.39. The number of nitro groups is 1. The van der Waals surface area contributed by atoms with E-state index in [2.05, 4.69) is 10.1 Å². The fourth-order valence-corrected chi connectivity index (χ4v) is 2.37. The lowest BCUT2D eigenvalue weighted by Gasteiger charge is -1.99. The molecule has 0 saturated heterocycles. The van der Waals surface area contributed by atoms with Crippen molar-refractivity contribution in [3.8, 4) is 22.9 Å². The van der Waals surface area contributed by atoms with E-state index in [1.54, 1.807) is 31.4 Å². The molecule has 0 unspecified atom stereocenters. The highest BCUT2D eigenvalue weighted by atomic mass is 35.5. The SMILES string of the molecule is COc1ccc(-c2noc(/C(Cl)=C/c3ccc(O)c([N+](=O)[O-])c3)n2)cc1. The van der Waals surface area contributed by atoms with Gasteiger partial charge in [-0.05, 0) is 42.0 Å². The van der Waals surface area contributed by atoms with E-state index in [0.29, 0.717) is 22.7 Å². The van der Waals surface area contributed by atoms with Crippen LogP contribution in [0.15, 0.2) is 47.0 Å². The lowest BCUT2D eigenvalue weighted by molar-refractivity contribution is -0.385. The fourth-order valence-electron chi connectivity index (χ4n) is 2.16. The van der Waals surface area contributed by atoms with Gasteiger partial charge in [-0.2, -0.15) is 4.98 Å². The third-order valence-electron chi connectivity index (χ3n) is 3.47. The summed E-state index contributed by atoms with van der Waals surface area (Å²) >= 11 is 6.17. The monoisotopic (exact) mass is 373 g/mol. The smallest absolute Gasteiger partial charge is 0.311 e. The van der Waals surface area contributed by atoms with Crippen LogP contribution in [0.5, 0.6) is 11.5 Å². The number of benzene rings is 2. The van der Waals surface area contributed by atoms with Crippen LogP contribution in [0.1, 0.15) is 11.5 Å².